The Bertz CT molecular complexity index is 977. The molecule has 0 N–H and O–H groups in total. The van der Waals surface area contributed by atoms with Crippen molar-refractivity contribution in [3.8, 4) is 5.75 Å². The number of benzene rings is 3. The van der Waals surface area contributed by atoms with Gasteiger partial charge in [-0.3, -0.25) is 10.1 Å². The van der Waals surface area contributed by atoms with Crippen molar-refractivity contribution >= 4 is 34.5 Å². The number of hydrogen-bond acceptors (Lipinski definition) is 5. The SMILES string of the molecule is O=[N+]([O-])c1cccc(CO/N=C\c2ccc(OCc3ccccc3)c(I)c2)c1. The van der Waals surface area contributed by atoms with Gasteiger partial charge in [0.2, 0.25) is 0 Å². The molecule has 0 aliphatic heterocycles. The molecule has 0 bridgehead atoms. The first kappa shape index (κ1) is 19.8. The maximum atomic E-state index is 10.8. The van der Waals surface area contributed by atoms with Crippen LogP contribution in [-0.4, -0.2) is 11.1 Å². The molecule has 6 nitrogen and oxygen atoms in total. The monoisotopic (exact) mass is 488 g/mol. The highest BCUT2D eigenvalue weighted by Crippen LogP contribution is 2.22. The number of rotatable bonds is 8. The molecule has 0 heterocycles. The van der Waals surface area contributed by atoms with E-state index in [9.17, 15) is 10.1 Å². The van der Waals surface area contributed by atoms with Crippen LogP contribution in [-0.2, 0) is 18.1 Å². The molecule has 0 saturated heterocycles. The van der Waals surface area contributed by atoms with Gasteiger partial charge in [-0.2, -0.15) is 0 Å². The third kappa shape index (κ3) is 5.78. The zero-order valence-electron chi connectivity index (χ0n) is 14.8. The van der Waals surface area contributed by atoms with Gasteiger partial charge >= 0.3 is 0 Å². The van der Waals surface area contributed by atoms with E-state index in [1.807, 2.05) is 48.5 Å². The van der Waals surface area contributed by atoms with Gasteiger partial charge in [0.1, 0.15) is 19.0 Å². The minimum Gasteiger partial charge on any atom is -0.488 e. The van der Waals surface area contributed by atoms with Gasteiger partial charge in [0.05, 0.1) is 14.7 Å². The van der Waals surface area contributed by atoms with Gasteiger partial charge in [0.25, 0.3) is 5.69 Å². The van der Waals surface area contributed by atoms with E-state index in [1.54, 1.807) is 18.3 Å². The Morgan fingerprint density at radius 3 is 2.50 bits per heavy atom. The van der Waals surface area contributed by atoms with E-state index in [2.05, 4.69) is 27.7 Å². The fourth-order valence-electron chi connectivity index (χ4n) is 2.42. The normalized spacial score (nSPS) is 10.8. The standard InChI is InChI=1S/C21H17IN2O4/c22-20-12-17(9-10-21(20)27-14-16-5-2-1-3-6-16)13-23-28-15-18-7-4-8-19(11-18)24(25)26/h1-13H,14-15H2/b23-13-. The predicted molar refractivity (Wildman–Crippen MR) is 115 cm³/mol. The van der Waals surface area contributed by atoms with E-state index < -0.39 is 4.92 Å². The quantitative estimate of drug-likeness (QED) is 0.186. The lowest BCUT2D eigenvalue weighted by Crippen LogP contribution is -1.97. The number of nitrogens with zero attached hydrogens (tertiary/aromatic N) is 2. The Morgan fingerprint density at radius 2 is 1.75 bits per heavy atom. The van der Waals surface area contributed by atoms with Gasteiger partial charge < -0.3 is 9.57 Å². The van der Waals surface area contributed by atoms with Crippen LogP contribution in [0.2, 0.25) is 0 Å². The molecule has 0 amide bonds. The van der Waals surface area contributed by atoms with E-state index in [0.29, 0.717) is 12.2 Å². The Hall–Kier alpha value is -2.94. The van der Waals surface area contributed by atoms with Crippen LogP contribution in [0.15, 0.2) is 78.0 Å². The maximum Gasteiger partial charge on any atom is 0.269 e. The van der Waals surface area contributed by atoms with Crippen LogP contribution in [0.25, 0.3) is 0 Å². The van der Waals surface area contributed by atoms with E-state index in [1.165, 1.54) is 12.1 Å². The lowest BCUT2D eigenvalue weighted by Gasteiger charge is -2.08. The molecule has 0 aromatic heterocycles. The molecule has 142 valence electrons. The third-order valence-electron chi connectivity index (χ3n) is 3.82. The first-order valence-electron chi connectivity index (χ1n) is 8.47. The summed E-state index contributed by atoms with van der Waals surface area (Å²) in [6.07, 6.45) is 1.60. The predicted octanol–water partition coefficient (Wildman–Crippen LogP) is 5.33. The average Bonchev–Trinajstić information content (AvgIpc) is 2.71. The summed E-state index contributed by atoms with van der Waals surface area (Å²) in [5, 5.41) is 14.7. The summed E-state index contributed by atoms with van der Waals surface area (Å²) in [5.74, 6) is 0.805. The summed E-state index contributed by atoms with van der Waals surface area (Å²) in [7, 11) is 0. The van der Waals surface area contributed by atoms with E-state index in [-0.39, 0.29) is 12.3 Å². The summed E-state index contributed by atoms with van der Waals surface area (Å²) in [5.41, 5.74) is 2.70. The Balaban J connectivity index is 1.53. The molecule has 0 atom stereocenters. The molecule has 3 aromatic rings. The van der Waals surface area contributed by atoms with E-state index >= 15 is 0 Å². The van der Waals surface area contributed by atoms with Crippen molar-refractivity contribution in [3.05, 3.63) is 103 Å². The second-order valence-corrected chi connectivity index (χ2v) is 7.06. The van der Waals surface area contributed by atoms with Crippen LogP contribution in [0.4, 0.5) is 5.69 Å². The van der Waals surface area contributed by atoms with Crippen molar-refractivity contribution in [2.24, 2.45) is 5.16 Å². The Kier molecular flexibility index (Phi) is 6.96. The molecule has 0 spiro atoms. The largest absolute Gasteiger partial charge is 0.488 e. The average molecular weight is 488 g/mol. The molecule has 0 radical (unpaired) electrons. The summed E-state index contributed by atoms with van der Waals surface area (Å²) in [6, 6.07) is 22.0. The zero-order chi connectivity index (χ0) is 19.8. The van der Waals surface area contributed by atoms with Crippen molar-refractivity contribution in [3.63, 3.8) is 0 Å². The van der Waals surface area contributed by atoms with E-state index in [0.717, 1.165) is 20.4 Å². The molecule has 3 aromatic carbocycles. The van der Waals surface area contributed by atoms with Crippen molar-refractivity contribution in [1.82, 2.24) is 0 Å². The summed E-state index contributed by atoms with van der Waals surface area (Å²) >= 11 is 2.22. The lowest BCUT2D eigenvalue weighted by molar-refractivity contribution is -0.384. The minimum absolute atomic E-state index is 0.0331. The summed E-state index contributed by atoms with van der Waals surface area (Å²) in [4.78, 5) is 15.6. The smallest absolute Gasteiger partial charge is 0.269 e. The van der Waals surface area contributed by atoms with Crippen molar-refractivity contribution in [2.45, 2.75) is 13.2 Å². The molecule has 3 rings (SSSR count). The van der Waals surface area contributed by atoms with Crippen LogP contribution in [0.3, 0.4) is 0 Å². The molecule has 0 unspecified atom stereocenters. The highest BCUT2D eigenvalue weighted by atomic mass is 127. The van der Waals surface area contributed by atoms with Crippen LogP contribution < -0.4 is 4.74 Å². The molecule has 28 heavy (non-hydrogen) atoms. The van der Waals surface area contributed by atoms with Crippen LogP contribution in [0, 0.1) is 13.7 Å². The van der Waals surface area contributed by atoms with Gasteiger partial charge in [-0.1, -0.05) is 47.6 Å². The number of hydrogen-bond donors (Lipinski definition) is 0. The number of ether oxygens (including phenoxy) is 1. The fourth-order valence-corrected chi connectivity index (χ4v) is 3.11. The van der Waals surface area contributed by atoms with Gasteiger partial charge in [-0.15, -0.1) is 0 Å². The van der Waals surface area contributed by atoms with E-state index in [4.69, 9.17) is 9.57 Å². The number of halogens is 1. The second kappa shape index (κ2) is 9.84. The summed E-state index contributed by atoms with van der Waals surface area (Å²) in [6.45, 7) is 0.671. The summed E-state index contributed by atoms with van der Waals surface area (Å²) < 4.78 is 6.82. The molecular weight excluding hydrogens is 471 g/mol. The number of oxime groups is 1. The van der Waals surface area contributed by atoms with Crippen molar-refractivity contribution in [2.75, 3.05) is 0 Å². The molecule has 0 fully saturated rings. The van der Waals surface area contributed by atoms with Gasteiger partial charge in [-0.05, 0) is 57.5 Å². The first-order chi connectivity index (χ1) is 13.6. The number of nitro groups is 1. The minimum atomic E-state index is -0.434. The third-order valence-corrected chi connectivity index (χ3v) is 4.67. The van der Waals surface area contributed by atoms with Gasteiger partial charge in [0, 0.05) is 12.1 Å². The van der Waals surface area contributed by atoms with Crippen LogP contribution in [0.5, 0.6) is 5.75 Å². The van der Waals surface area contributed by atoms with Crippen LogP contribution >= 0.6 is 22.6 Å². The highest BCUT2D eigenvalue weighted by Gasteiger charge is 2.06. The molecule has 7 heteroatoms. The fraction of sp³-hybridized carbons (Fsp3) is 0.0952. The molecule has 0 saturated carbocycles. The van der Waals surface area contributed by atoms with Crippen LogP contribution in [0.1, 0.15) is 16.7 Å². The van der Waals surface area contributed by atoms with Gasteiger partial charge in [0.15, 0.2) is 0 Å². The zero-order valence-corrected chi connectivity index (χ0v) is 17.0. The number of non-ortho nitro benzene ring substituents is 1. The van der Waals surface area contributed by atoms with Crippen molar-refractivity contribution in [1.29, 1.82) is 0 Å². The lowest BCUT2D eigenvalue weighted by atomic mass is 10.2. The maximum absolute atomic E-state index is 10.8. The Labute approximate surface area is 176 Å². The first-order valence-corrected chi connectivity index (χ1v) is 9.54. The van der Waals surface area contributed by atoms with Crippen molar-refractivity contribution < 1.29 is 14.5 Å². The highest BCUT2D eigenvalue weighted by molar-refractivity contribution is 14.1. The molecular formula is C21H17IN2O4. The number of nitro benzene ring substituents is 1. The topological polar surface area (TPSA) is 74.0 Å². The van der Waals surface area contributed by atoms with Gasteiger partial charge in [-0.25, -0.2) is 0 Å². The Morgan fingerprint density at radius 1 is 0.964 bits per heavy atom. The molecule has 0 aliphatic carbocycles. The molecule has 0 aliphatic rings. The second-order valence-electron chi connectivity index (χ2n) is 5.90.